The molecular weight excluding hydrogens is 438 g/mol. The van der Waals surface area contributed by atoms with Crippen molar-refractivity contribution in [1.29, 1.82) is 0 Å². The summed E-state index contributed by atoms with van der Waals surface area (Å²) in [7, 11) is -1.10. The molecule has 1 rings (SSSR count). The average molecular weight is 472 g/mol. The molecule has 0 aliphatic heterocycles. The van der Waals surface area contributed by atoms with E-state index >= 15 is 0 Å². The second-order valence-corrected chi connectivity index (χ2v) is 9.73. The second-order valence-electron chi connectivity index (χ2n) is 8.04. The van der Waals surface area contributed by atoms with E-state index in [0.29, 0.717) is 6.42 Å². The Hall–Kier alpha value is -2.86. The Morgan fingerprint density at radius 2 is 1.81 bits per heavy atom. The van der Waals surface area contributed by atoms with Gasteiger partial charge in [-0.05, 0) is 52.7 Å². The number of carbonyl (C=O) groups is 2. The minimum absolute atomic E-state index is 0.0658. The van der Waals surface area contributed by atoms with Crippen LogP contribution >= 0.6 is 0 Å². The maximum atomic E-state index is 12.5. The number of hydroxylamine groups is 2. The standard InChI is InChI=1S/C20H33N5O6S/c1-14-9-11-15(12-10-14)32(28,29)24-18(21)22-13-7-8-16(17(26)25(5)30-6)23-19(27)31-20(2,3)4/h9-12,16H,7-8,13H2,1-6H3,(H,23,27)(H3,21,22,24)/t16-/m0/s1. The minimum atomic E-state index is -3.85. The smallest absolute Gasteiger partial charge is 0.408 e. The lowest BCUT2D eigenvalue weighted by molar-refractivity contribution is -0.171. The number of benzene rings is 1. The van der Waals surface area contributed by atoms with E-state index in [1.165, 1.54) is 26.3 Å². The van der Waals surface area contributed by atoms with Crippen LogP contribution in [0.25, 0.3) is 0 Å². The van der Waals surface area contributed by atoms with Crippen molar-refractivity contribution in [2.75, 3.05) is 20.7 Å². The number of hydrogen-bond acceptors (Lipinski definition) is 7. The summed E-state index contributed by atoms with van der Waals surface area (Å²) in [6.07, 6.45) is -0.210. The van der Waals surface area contributed by atoms with Gasteiger partial charge in [-0.15, -0.1) is 0 Å². The van der Waals surface area contributed by atoms with Crippen molar-refractivity contribution in [1.82, 2.24) is 15.1 Å². The SMILES string of the molecule is CON(C)C(=O)[C@H](CCCN=C(N)NS(=O)(=O)c1ccc(C)cc1)NC(=O)OC(C)(C)C. The number of nitrogens with two attached hydrogens (primary N) is 1. The third-order valence-electron chi connectivity index (χ3n) is 4.08. The van der Waals surface area contributed by atoms with Crippen molar-refractivity contribution >= 4 is 28.0 Å². The number of guanidine groups is 1. The van der Waals surface area contributed by atoms with E-state index in [2.05, 4.69) is 15.0 Å². The van der Waals surface area contributed by atoms with Crippen LogP contribution in [0.1, 0.15) is 39.2 Å². The quantitative estimate of drug-likeness (QED) is 0.212. The molecule has 0 saturated carbocycles. The van der Waals surface area contributed by atoms with Crippen molar-refractivity contribution < 1.29 is 27.6 Å². The van der Waals surface area contributed by atoms with Gasteiger partial charge in [0.05, 0.1) is 12.0 Å². The number of sulfonamides is 1. The predicted octanol–water partition coefficient (Wildman–Crippen LogP) is 1.28. The number of alkyl carbamates (subject to hydrolysis) is 1. The summed E-state index contributed by atoms with van der Waals surface area (Å²) in [6, 6.07) is 5.36. The zero-order valence-electron chi connectivity index (χ0n) is 19.3. The topological polar surface area (TPSA) is 152 Å². The van der Waals surface area contributed by atoms with Crippen LogP contribution in [-0.2, 0) is 24.4 Å². The monoisotopic (exact) mass is 471 g/mol. The summed E-state index contributed by atoms with van der Waals surface area (Å²) >= 11 is 0. The summed E-state index contributed by atoms with van der Waals surface area (Å²) in [6.45, 7) is 7.10. The molecule has 0 bridgehead atoms. The maximum absolute atomic E-state index is 12.5. The Labute approximate surface area is 189 Å². The van der Waals surface area contributed by atoms with Gasteiger partial charge < -0.3 is 15.8 Å². The minimum Gasteiger partial charge on any atom is -0.444 e. The van der Waals surface area contributed by atoms with Gasteiger partial charge in [-0.3, -0.25) is 14.6 Å². The van der Waals surface area contributed by atoms with Crippen LogP contribution in [0.15, 0.2) is 34.2 Å². The zero-order valence-corrected chi connectivity index (χ0v) is 20.2. The lowest BCUT2D eigenvalue weighted by Crippen LogP contribution is -2.48. The first-order chi connectivity index (χ1) is 14.7. The number of nitrogens with zero attached hydrogens (tertiary/aromatic N) is 2. The van der Waals surface area contributed by atoms with Gasteiger partial charge in [0.1, 0.15) is 11.6 Å². The summed E-state index contributed by atoms with van der Waals surface area (Å²) in [5.41, 5.74) is 5.90. The number of rotatable bonds is 9. The number of amides is 2. The van der Waals surface area contributed by atoms with Crippen molar-refractivity contribution in [3.05, 3.63) is 29.8 Å². The van der Waals surface area contributed by atoms with E-state index in [1.807, 2.05) is 6.92 Å². The van der Waals surface area contributed by atoms with Gasteiger partial charge in [0, 0.05) is 13.6 Å². The molecule has 0 unspecified atom stereocenters. The number of aliphatic imine (C=N–C) groups is 1. The van der Waals surface area contributed by atoms with E-state index in [1.54, 1.807) is 32.9 Å². The molecule has 1 aromatic rings. The predicted molar refractivity (Wildman–Crippen MR) is 120 cm³/mol. The third kappa shape index (κ3) is 9.52. The van der Waals surface area contributed by atoms with Crippen molar-refractivity contribution in [2.45, 2.75) is 57.1 Å². The Morgan fingerprint density at radius 3 is 2.34 bits per heavy atom. The van der Waals surface area contributed by atoms with Gasteiger partial charge in [0.2, 0.25) is 5.96 Å². The fourth-order valence-electron chi connectivity index (χ4n) is 2.46. The number of ether oxygens (including phenoxy) is 1. The van der Waals surface area contributed by atoms with Gasteiger partial charge in [-0.25, -0.2) is 23.0 Å². The van der Waals surface area contributed by atoms with E-state index in [0.717, 1.165) is 10.6 Å². The first kappa shape index (κ1) is 27.2. The summed E-state index contributed by atoms with van der Waals surface area (Å²) < 4.78 is 32.1. The lowest BCUT2D eigenvalue weighted by atomic mass is 10.1. The van der Waals surface area contributed by atoms with Crippen molar-refractivity contribution in [3.8, 4) is 0 Å². The zero-order chi connectivity index (χ0) is 24.5. The molecule has 0 radical (unpaired) electrons. The number of carbonyl (C=O) groups excluding carboxylic acids is 2. The molecule has 0 aliphatic carbocycles. The van der Waals surface area contributed by atoms with Crippen LogP contribution in [-0.4, -0.2) is 63.8 Å². The molecule has 180 valence electrons. The molecule has 1 aromatic carbocycles. The normalized spacial score (nSPS) is 13.2. The van der Waals surface area contributed by atoms with E-state index in [4.69, 9.17) is 15.3 Å². The molecule has 0 spiro atoms. The highest BCUT2D eigenvalue weighted by Gasteiger charge is 2.26. The first-order valence-electron chi connectivity index (χ1n) is 9.96. The highest BCUT2D eigenvalue weighted by Crippen LogP contribution is 2.10. The van der Waals surface area contributed by atoms with Crippen LogP contribution in [0.4, 0.5) is 4.79 Å². The van der Waals surface area contributed by atoms with Crippen LogP contribution in [0.2, 0.25) is 0 Å². The van der Waals surface area contributed by atoms with E-state index < -0.39 is 33.7 Å². The highest BCUT2D eigenvalue weighted by molar-refractivity contribution is 7.90. The molecule has 0 saturated heterocycles. The van der Waals surface area contributed by atoms with Crippen LogP contribution in [0.5, 0.6) is 0 Å². The maximum Gasteiger partial charge on any atom is 0.408 e. The fourth-order valence-corrected chi connectivity index (χ4v) is 3.41. The Kier molecular flexibility index (Phi) is 9.91. The Bertz CT molecular complexity index is 909. The van der Waals surface area contributed by atoms with Crippen LogP contribution in [0, 0.1) is 6.92 Å². The molecule has 32 heavy (non-hydrogen) atoms. The molecule has 0 aromatic heterocycles. The van der Waals surface area contributed by atoms with Crippen molar-refractivity contribution in [2.24, 2.45) is 10.7 Å². The molecular formula is C20H33N5O6S. The number of hydrogen-bond donors (Lipinski definition) is 3. The summed E-state index contributed by atoms with van der Waals surface area (Å²) in [5.74, 6) is -0.752. The molecule has 2 amide bonds. The summed E-state index contributed by atoms with van der Waals surface area (Å²) in [4.78, 5) is 33.5. The molecule has 1 atom stereocenters. The lowest BCUT2D eigenvalue weighted by Gasteiger charge is -2.25. The number of likely N-dealkylation sites (N-methyl/N-ethyl adjacent to an activating group) is 1. The number of aryl methyl sites for hydroxylation is 1. The van der Waals surface area contributed by atoms with Gasteiger partial charge in [-0.2, -0.15) is 0 Å². The van der Waals surface area contributed by atoms with Gasteiger partial charge in [0.15, 0.2) is 0 Å². The fraction of sp³-hybridized carbons (Fsp3) is 0.550. The van der Waals surface area contributed by atoms with Gasteiger partial charge in [-0.1, -0.05) is 17.7 Å². The van der Waals surface area contributed by atoms with E-state index in [-0.39, 0.29) is 23.8 Å². The molecule has 0 heterocycles. The average Bonchev–Trinajstić information content (AvgIpc) is 2.67. The largest absolute Gasteiger partial charge is 0.444 e. The summed E-state index contributed by atoms with van der Waals surface area (Å²) in [5, 5.41) is 3.51. The second kappa shape index (κ2) is 11.7. The Morgan fingerprint density at radius 1 is 1.22 bits per heavy atom. The van der Waals surface area contributed by atoms with Crippen molar-refractivity contribution in [3.63, 3.8) is 0 Å². The highest BCUT2D eigenvalue weighted by atomic mass is 32.2. The van der Waals surface area contributed by atoms with Crippen LogP contribution < -0.4 is 15.8 Å². The first-order valence-corrected chi connectivity index (χ1v) is 11.4. The Balaban J connectivity index is 2.71. The molecule has 0 fully saturated rings. The van der Waals surface area contributed by atoms with Gasteiger partial charge in [0.25, 0.3) is 15.9 Å². The van der Waals surface area contributed by atoms with Gasteiger partial charge >= 0.3 is 6.09 Å². The molecule has 12 heteroatoms. The van der Waals surface area contributed by atoms with Crippen LogP contribution in [0.3, 0.4) is 0 Å². The third-order valence-corrected chi connectivity index (χ3v) is 5.45. The van der Waals surface area contributed by atoms with E-state index in [9.17, 15) is 18.0 Å². The number of nitrogens with one attached hydrogen (secondary N) is 2. The molecule has 11 nitrogen and oxygen atoms in total. The molecule has 0 aliphatic rings. The molecule has 4 N–H and O–H groups in total.